The highest BCUT2D eigenvalue weighted by Gasteiger charge is 2.54. The molecule has 0 saturated heterocycles. The predicted molar refractivity (Wildman–Crippen MR) is 147 cm³/mol. The highest BCUT2D eigenvalue weighted by atomic mass is 35.5. The van der Waals surface area contributed by atoms with Gasteiger partial charge in [0.2, 0.25) is 11.8 Å². The van der Waals surface area contributed by atoms with Gasteiger partial charge < -0.3 is 15.2 Å². The minimum Gasteiger partial charge on any atom is -0.474 e. The quantitative estimate of drug-likeness (QED) is 0.333. The van der Waals surface area contributed by atoms with Crippen LogP contribution < -0.4 is 15.0 Å². The van der Waals surface area contributed by atoms with Crippen molar-refractivity contribution in [2.24, 2.45) is 18.9 Å². The molecule has 6 rings (SSSR count). The minimum absolute atomic E-state index is 0.100. The Bertz CT molecular complexity index is 1690. The Hall–Kier alpha value is -4.25. The summed E-state index contributed by atoms with van der Waals surface area (Å²) in [5, 5.41) is 17.6. The number of pyridine rings is 2. The van der Waals surface area contributed by atoms with Crippen LogP contribution in [0.5, 0.6) is 5.88 Å². The molecule has 3 aromatic heterocycles. The molecule has 1 aliphatic heterocycles. The van der Waals surface area contributed by atoms with E-state index in [9.17, 15) is 14.7 Å². The first kappa shape index (κ1) is 26.0. The van der Waals surface area contributed by atoms with Crippen LogP contribution in [0, 0.1) is 24.6 Å². The van der Waals surface area contributed by atoms with Gasteiger partial charge in [-0.2, -0.15) is 5.10 Å². The molecule has 12 heteroatoms. The van der Waals surface area contributed by atoms with E-state index in [0.29, 0.717) is 27.7 Å². The van der Waals surface area contributed by atoms with E-state index in [2.05, 4.69) is 27.3 Å². The standard InChI is InChI=1S/C28H26ClFN6O4/c1-4-16-21(15-9-33-35(3)12-15)22(16)26(37)34-20-8-14-7-17(24(30)23(29)19(14)11-31-20)18-10-32-27-25(13(18)2)36(28(38)39)5-6-40-27/h7-12,16,21-22H,4-6H2,1-3H3,(H,38,39)(H,31,34,37). The van der Waals surface area contributed by atoms with Crippen LogP contribution in [0.25, 0.3) is 21.9 Å². The highest BCUT2D eigenvalue weighted by Crippen LogP contribution is 2.56. The second-order valence-electron chi connectivity index (χ2n) is 10.1. The second kappa shape index (κ2) is 9.74. The Labute approximate surface area is 233 Å². The molecule has 1 aliphatic carbocycles. The zero-order chi connectivity index (χ0) is 28.3. The van der Waals surface area contributed by atoms with Gasteiger partial charge in [-0.25, -0.2) is 19.2 Å². The molecule has 4 aromatic rings. The normalized spacial score (nSPS) is 19.7. The maximum atomic E-state index is 15.6. The maximum Gasteiger partial charge on any atom is 0.412 e. The minimum atomic E-state index is -1.15. The number of aromatic nitrogens is 4. The average molecular weight is 565 g/mol. The first-order valence-corrected chi connectivity index (χ1v) is 13.3. The van der Waals surface area contributed by atoms with Crippen LogP contribution in [-0.4, -0.2) is 50.0 Å². The van der Waals surface area contributed by atoms with Gasteiger partial charge in [0, 0.05) is 54.0 Å². The summed E-state index contributed by atoms with van der Waals surface area (Å²) < 4.78 is 22.8. The molecular weight excluding hydrogens is 539 g/mol. The number of fused-ring (bicyclic) bond motifs is 2. The van der Waals surface area contributed by atoms with Gasteiger partial charge in [0.1, 0.15) is 23.9 Å². The van der Waals surface area contributed by atoms with Crippen molar-refractivity contribution in [3.63, 3.8) is 0 Å². The van der Waals surface area contributed by atoms with E-state index in [-0.39, 0.29) is 59.0 Å². The lowest BCUT2D eigenvalue weighted by Crippen LogP contribution is -2.37. The van der Waals surface area contributed by atoms with Crippen molar-refractivity contribution >= 4 is 45.9 Å². The zero-order valence-corrected chi connectivity index (χ0v) is 22.7. The summed E-state index contributed by atoms with van der Waals surface area (Å²) in [7, 11) is 1.85. The fraction of sp³-hybridized carbons (Fsp3) is 0.321. The number of hydrogen-bond donors (Lipinski definition) is 2. The molecule has 2 N–H and O–H groups in total. The molecule has 1 fully saturated rings. The van der Waals surface area contributed by atoms with Crippen LogP contribution in [0.1, 0.15) is 30.4 Å². The van der Waals surface area contributed by atoms with Crippen molar-refractivity contribution in [2.75, 3.05) is 23.4 Å². The van der Waals surface area contributed by atoms with E-state index in [1.807, 2.05) is 13.2 Å². The van der Waals surface area contributed by atoms with Gasteiger partial charge in [0.15, 0.2) is 0 Å². The molecular formula is C28H26ClFN6O4. The first-order chi connectivity index (χ1) is 19.2. The van der Waals surface area contributed by atoms with Crippen molar-refractivity contribution in [1.82, 2.24) is 19.7 Å². The molecule has 40 heavy (non-hydrogen) atoms. The summed E-state index contributed by atoms with van der Waals surface area (Å²) in [6, 6.07) is 3.25. The number of aryl methyl sites for hydroxylation is 1. The summed E-state index contributed by atoms with van der Waals surface area (Å²) in [6.45, 7) is 4.05. The van der Waals surface area contributed by atoms with Crippen LogP contribution >= 0.6 is 11.6 Å². The molecule has 0 spiro atoms. The van der Waals surface area contributed by atoms with Gasteiger partial charge >= 0.3 is 6.09 Å². The molecule has 4 heterocycles. The Morgan fingerprint density at radius 1 is 1.23 bits per heavy atom. The number of ether oxygens (including phenoxy) is 1. The molecule has 2 aliphatic rings. The molecule has 10 nitrogen and oxygen atoms in total. The number of amides is 2. The topological polar surface area (TPSA) is 122 Å². The fourth-order valence-corrected chi connectivity index (χ4v) is 6.07. The molecule has 1 saturated carbocycles. The highest BCUT2D eigenvalue weighted by molar-refractivity contribution is 6.36. The van der Waals surface area contributed by atoms with E-state index >= 15 is 4.39 Å². The number of hydrogen-bond acceptors (Lipinski definition) is 6. The fourth-order valence-electron chi connectivity index (χ4n) is 5.81. The smallest absolute Gasteiger partial charge is 0.412 e. The zero-order valence-electron chi connectivity index (χ0n) is 22.0. The van der Waals surface area contributed by atoms with Crippen molar-refractivity contribution < 1.29 is 23.8 Å². The SMILES string of the molecule is CCC1C(C(=O)Nc2cc3cc(-c4cnc5c(c4C)N(C(=O)O)CCO5)c(F)c(Cl)c3cn2)C1c1cnn(C)c1. The van der Waals surface area contributed by atoms with Gasteiger partial charge in [-0.15, -0.1) is 0 Å². The largest absolute Gasteiger partial charge is 0.474 e. The number of halogens is 2. The van der Waals surface area contributed by atoms with E-state index in [1.54, 1.807) is 29.9 Å². The number of carboxylic acid groups (broad SMARTS) is 1. The third-order valence-corrected chi connectivity index (χ3v) is 8.19. The number of anilines is 2. The summed E-state index contributed by atoms with van der Waals surface area (Å²) in [5.74, 6) is -0.196. The molecule has 2 amide bonds. The van der Waals surface area contributed by atoms with Crippen LogP contribution in [0.3, 0.4) is 0 Å². The lowest BCUT2D eigenvalue weighted by atomic mass is 9.97. The molecule has 206 valence electrons. The van der Waals surface area contributed by atoms with Crippen molar-refractivity contribution in [2.45, 2.75) is 26.2 Å². The number of carbonyl (C=O) groups excluding carboxylic acids is 1. The van der Waals surface area contributed by atoms with E-state index in [0.717, 1.165) is 16.9 Å². The second-order valence-corrected chi connectivity index (χ2v) is 10.5. The summed E-state index contributed by atoms with van der Waals surface area (Å²) >= 11 is 6.44. The summed E-state index contributed by atoms with van der Waals surface area (Å²) in [5.41, 5.74) is 2.32. The van der Waals surface area contributed by atoms with Crippen molar-refractivity contribution in [3.8, 4) is 17.0 Å². The lowest BCUT2D eigenvalue weighted by molar-refractivity contribution is -0.117. The van der Waals surface area contributed by atoms with Gasteiger partial charge in [-0.3, -0.25) is 14.4 Å². The molecule has 0 bridgehead atoms. The molecule has 3 atom stereocenters. The lowest BCUT2D eigenvalue weighted by Gasteiger charge is -2.28. The Morgan fingerprint density at radius 2 is 2.02 bits per heavy atom. The van der Waals surface area contributed by atoms with Gasteiger partial charge in [0.25, 0.3) is 0 Å². The Morgan fingerprint density at radius 3 is 2.73 bits per heavy atom. The van der Waals surface area contributed by atoms with Gasteiger partial charge in [-0.1, -0.05) is 24.9 Å². The first-order valence-electron chi connectivity index (χ1n) is 12.9. The molecule has 1 aromatic carbocycles. The van der Waals surface area contributed by atoms with Crippen LogP contribution in [-0.2, 0) is 11.8 Å². The van der Waals surface area contributed by atoms with Crippen LogP contribution in [0.2, 0.25) is 5.02 Å². The Balaban J connectivity index is 1.34. The summed E-state index contributed by atoms with van der Waals surface area (Å²) in [6.07, 6.45) is 6.32. The number of rotatable bonds is 5. The predicted octanol–water partition coefficient (Wildman–Crippen LogP) is 5.39. The van der Waals surface area contributed by atoms with E-state index in [1.165, 1.54) is 12.4 Å². The van der Waals surface area contributed by atoms with Crippen molar-refractivity contribution in [3.05, 3.63) is 58.9 Å². The van der Waals surface area contributed by atoms with E-state index in [4.69, 9.17) is 16.3 Å². The average Bonchev–Trinajstić information content (AvgIpc) is 3.53. The third kappa shape index (κ3) is 4.21. The monoisotopic (exact) mass is 564 g/mol. The van der Waals surface area contributed by atoms with Crippen LogP contribution in [0.15, 0.2) is 36.9 Å². The third-order valence-electron chi connectivity index (χ3n) is 7.82. The number of nitrogens with zero attached hydrogens (tertiary/aromatic N) is 5. The number of nitrogens with one attached hydrogen (secondary N) is 1. The number of carbonyl (C=O) groups is 2. The Kier molecular flexibility index (Phi) is 6.33. The van der Waals surface area contributed by atoms with Gasteiger partial charge in [-0.05, 0) is 41.5 Å². The molecule has 0 radical (unpaired) electrons. The summed E-state index contributed by atoms with van der Waals surface area (Å²) in [4.78, 5) is 34.8. The molecule has 3 unspecified atom stereocenters. The van der Waals surface area contributed by atoms with Gasteiger partial charge in [0.05, 0.1) is 17.8 Å². The number of benzene rings is 1. The maximum absolute atomic E-state index is 15.6. The van der Waals surface area contributed by atoms with E-state index < -0.39 is 11.9 Å². The van der Waals surface area contributed by atoms with Crippen LogP contribution in [0.4, 0.5) is 20.7 Å². The van der Waals surface area contributed by atoms with Crippen molar-refractivity contribution in [1.29, 1.82) is 0 Å².